The Bertz CT molecular complexity index is 1300. The molecule has 5 fully saturated rings. The monoisotopic (exact) mass is 636 g/mol. The number of piperazine rings is 1. The maximum absolute atomic E-state index is 15.1. The third-order valence-corrected chi connectivity index (χ3v) is 15.8. The highest BCUT2D eigenvalue weighted by atomic mass is 16.6. The van der Waals surface area contributed by atoms with Crippen LogP contribution in [-0.4, -0.2) is 59.6 Å². The van der Waals surface area contributed by atoms with Gasteiger partial charge in [0.2, 0.25) is 11.8 Å². The lowest BCUT2D eigenvalue weighted by atomic mass is 9.33. The molecule has 2 amide bonds. The maximum Gasteiger partial charge on any atom is 0.229 e. The van der Waals surface area contributed by atoms with Crippen LogP contribution in [0.1, 0.15) is 140 Å². The molecule has 5 aliphatic carbocycles. The van der Waals surface area contributed by atoms with Gasteiger partial charge >= 0.3 is 0 Å². The summed E-state index contributed by atoms with van der Waals surface area (Å²) < 4.78 is 0. The lowest BCUT2D eigenvalue weighted by Gasteiger charge is -2.71. The van der Waals surface area contributed by atoms with E-state index in [0.29, 0.717) is 43.2 Å². The molecule has 9 atom stereocenters. The van der Waals surface area contributed by atoms with Gasteiger partial charge in [0.15, 0.2) is 0 Å². The van der Waals surface area contributed by atoms with Crippen molar-refractivity contribution in [1.29, 1.82) is 0 Å². The molecule has 1 aliphatic heterocycles. The first-order chi connectivity index (χ1) is 21.4. The van der Waals surface area contributed by atoms with E-state index >= 15 is 4.79 Å². The minimum Gasteiger partial charge on any atom is -0.399 e. The molecular weight excluding hydrogens is 570 g/mol. The second-order valence-corrected chi connectivity index (χ2v) is 18.9. The van der Waals surface area contributed by atoms with Gasteiger partial charge in [0, 0.05) is 37.0 Å². The van der Waals surface area contributed by atoms with Gasteiger partial charge in [0.05, 0.1) is 11.1 Å². The summed E-state index contributed by atoms with van der Waals surface area (Å²) in [5.41, 5.74) is 3.39. The Labute approximate surface area is 280 Å². The van der Waals surface area contributed by atoms with Crippen LogP contribution in [0, 0.1) is 50.2 Å². The predicted molar refractivity (Wildman–Crippen MR) is 186 cm³/mol. The normalized spacial score (nSPS) is 45.5. The molecule has 0 aromatic rings. The number of carbonyl (C=O) groups excluding carboxylic acids is 2. The van der Waals surface area contributed by atoms with E-state index in [9.17, 15) is 4.79 Å². The van der Waals surface area contributed by atoms with Crippen LogP contribution >= 0.6 is 0 Å². The smallest absolute Gasteiger partial charge is 0.229 e. The second-order valence-electron chi connectivity index (χ2n) is 18.9. The zero-order valence-electron chi connectivity index (χ0n) is 31.2. The van der Waals surface area contributed by atoms with E-state index in [2.05, 4.69) is 78.4 Å². The first-order valence-corrected chi connectivity index (χ1v) is 18.8. The standard InChI is InChI=1S/C40H65N3O3/c1-12-33(44)43-26(2)24-42(25-27(43)3)34(45)40-21-19-35(4,5)23-29(40)28-13-14-31-37(8)17-16-32(41-46-11)36(6,7)30(37)15-18-39(31,10)38(28,9)20-22-40/h13,26-27,29-31H,12,14-25H2,1-11H3/b41-32+/t26?,27?,29?,30?,31?,37-,38+,39+,40?/m0/s1. The summed E-state index contributed by atoms with van der Waals surface area (Å²) in [5, 5.41) is 4.56. The largest absolute Gasteiger partial charge is 0.399 e. The molecule has 0 bridgehead atoms. The van der Waals surface area contributed by atoms with E-state index in [0.717, 1.165) is 44.9 Å². The molecule has 0 aromatic heterocycles. The summed E-state index contributed by atoms with van der Waals surface area (Å²) in [6.07, 6.45) is 14.3. The van der Waals surface area contributed by atoms with Gasteiger partial charge in [-0.3, -0.25) is 9.59 Å². The Hall–Kier alpha value is -1.85. The zero-order valence-corrected chi connectivity index (χ0v) is 31.2. The third kappa shape index (κ3) is 4.63. The number of oxime groups is 1. The molecule has 1 heterocycles. The van der Waals surface area contributed by atoms with Crippen molar-refractivity contribution in [3.63, 3.8) is 0 Å². The minimum absolute atomic E-state index is 0.0385. The van der Waals surface area contributed by atoms with Gasteiger partial charge in [-0.05, 0) is 117 Å². The molecule has 4 saturated carbocycles. The van der Waals surface area contributed by atoms with Crippen molar-refractivity contribution in [3.05, 3.63) is 11.6 Å². The summed E-state index contributed by atoms with van der Waals surface area (Å²) in [6, 6.07) is 0.116. The van der Waals surface area contributed by atoms with Crippen LogP contribution in [0.3, 0.4) is 0 Å². The Balaban J connectivity index is 1.36. The van der Waals surface area contributed by atoms with Crippen molar-refractivity contribution >= 4 is 17.5 Å². The summed E-state index contributed by atoms with van der Waals surface area (Å²) in [6.45, 7) is 25.2. The van der Waals surface area contributed by atoms with Gasteiger partial charge in [-0.15, -0.1) is 0 Å². The van der Waals surface area contributed by atoms with Crippen LogP contribution in [-0.2, 0) is 14.4 Å². The quantitative estimate of drug-likeness (QED) is 0.230. The van der Waals surface area contributed by atoms with E-state index in [1.807, 2.05) is 11.8 Å². The molecular formula is C40H65N3O3. The lowest BCUT2D eigenvalue weighted by molar-refractivity contribution is -0.177. The summed E-state index contributed by atoms with van der Waals surface area (Å²) in [7, 11) is 1.69. The fraction of sp³-hybridized carbons (Fsp3) is 0.875. The average molecular weight is 636 g/mol. The molecule has 46 heavy (non-hydrogen) atoms. The average Bonchev–Trinajstić information content (AvgIpc) is 2.98. The maximum atomic E-state index is 15.1. The van der Waals surface area contributed by atoms with Crippen LogP contribution in [0.4, 0.5) is 0 Å². The van der Waals surface area contributed by atoms with Crippen LogP contribution in [0.25, 0.3) is 0 Å². The first-order valence-electron chi connectivity index (χ1n) is 18.8. The number of amides is 2. The molecule has 6 nitrogen and oxygen atoms in total. The zero-order chi connectivity index (χ0) is 33.7. The molecule has 0 aromatic carbocycles. The van der Waals surface area contributed by atoms with Crippen molar-refractivity contribution in [2.75, 3.05) is 20.2 Å². The number of nitrogens with zero attached hydrogens (tertiary/aromatic N) is 3. The summed E-state index contributed by atoms with van der Waals surface area (Å²) in [5.74, 6) is 2.12. The van der Waals surface area contributed by atoms with Crippen LogP contribution < -0.4 is 0 Å². The van der Waals surface area contributed by atoms with Gasteiger partial charge in [-0.2, -0.15) is 0 Å². The van der Waals surface area contributed by atoms with Gasteiger partial charge in [0.1, 0.15) is 7.11 Å². The van der Waals surface area contributed by atoms with E-state index in [4.69, 9.17) is 4.84 Å². The number of hydrogen-bond acceptors (Lipinski definition) is 4. The first kappa shape index (κ1) is 34.0. The highest BCUT2D eigenvalue weighted by Gasteiger charge is 2.69. The van der Waals surface area contributed by atoms with Crippen molar-refractivity contribution in [2.24, 2.45) is 55.4 Å². The van der Waals surface area contributed by atoms with Crippen LogP contribution in [0.15, 0.2) is 16.8 Å². The lowest BCUT2D eigenvalue weighted by Crippen LogP contribution is -2.66. The Morgan fingerprint density at radius 1 is 0.913 bits per heavy atom. The van der Waals surface area contributed by atoms with Crippen molar-refractivity contribution in [3.8, 4) is 0 Å². The van der Waals surface area contributed by atoms with Crippen molar-refractivity contribution < 1.29 is 14.4 Å². The highest BCUT2D eigenvalue weighted by Crippen LogP contribution is 2.75. The highest BCUT2D eigenvalue weighted by molar-refractivity contribution is 5.90. The van der Waals surface area contributed by atoms with Crippen molar-refractivity contribution in [2.45, 2.75) is 152 Å². The Kier molecular flexibility index (Phi) is 8.20. The molecule has 0 radical (unpaired) electrons. The summed E-state index contributed by atoms with van der Waals surface area (Å²) >= 11 is 0. The molecule has 0 spiro atoms. The SMILES string of the molecule is CCC(=O)N1C(C)CN(C(=O)C23CCC(C)(C)CC2C2=CCC4[C@@]5(C)CC/C(=N\OC)C(C)(C)C5CC[C@@]4(C)[C@]2(C)CC3)CC1C. The van der Waals surface area contributed by atoms with Gasteiger partial charge < -0.3 is 14.6 Å². The molecule has 6 aliphatic rings. The van der Waals surface area contributed by atoms with Gasteiger partial charge in [0.25, 0.3) is 0 Å². The fourth-order valence-electron chi connectivity index (χ4n) is 13.2. The van der Waals surface area contributed by atoms with E-state index < -0.39 is 0 Å². The van der Waals surface area contributed by atoms with Gasteiger partial charge in [-0.25, -0.2) is 0 Å². The number of allylic oxidation sites excluding steroid dienone is 2. The Morgan fingerprint density at radius 2 is 1.57 bits per heavy atom. The number of rotatable bonds is 3. The summed E-state index contributed by atoms with van der Waals surface area (Å²) in [4.78, 5) is 37.4. The van der Waals surface area contributed by atoms with E-state index in [-0.39, 0.29) is 50.5 Å². The van der Waals surface area contributed by atoms with Crippen LogP contribution in [0.2, 0.25) is 0 Å². The van der Waals surface area contributed by atoms with Gasteiger partial charge in [-0.1, -0.05) is 72.2 Å². The third-order valence-electron chi connectivity index (χ3n) is 15.8. The fourth-order valence-corrected chi connectivity index (χ4v) is 13.2. The molecule has 6 heteroatoms. The molecule has 6 rings (SSSR count). The number of hydrogen-bond donors (Lipinski definition) is 0. The Morgan fingerprint density at radius 3 is 2.20 bits per heavy atom. The van der Waals surface area contributed by atoms with Crippen molar-refractivity contribution in [1.82, 2.24) is 9.80 Å². The topological polar surface area (TPSA) is 62.2 Å². The van der Waals surface area contributed by atoms with Crippen LogP contribution in [0.5, 0.6) is 0 Å². The molecule has 6 unspecified atom stereocenters. The van der Waals surface area contributed by atoms with E-state index in [1.54, 1.807) is 12.7 Å². The predicted octanol–water partition coefficient (Wildman–Crippen LogP) is 8.65. The molecule has 1 saturated heterocycles. The van der Waals surface area contributed by atoms with E-state index in [1.165, 1.54) is 25.0 Å². The minimum atomic E-state index is -0.320. The second kappa shape index (κ2) is 11.1. The molecule has 258 valence electrons. The number of carbonyl (C=O) groups is 2. The number of fused-ring (bicyclic) bond motifs is 7. The molecule has 0 N–H and O–H groups in total.